The van der Waals surface area contributed by atoms with Crippen LogP contribution in [0.25, 0.3) is 27.6 Å². The van der Waals surface area contributed by atoms with Gasteiger partial charge in [0.2, 0.25) is 11.0 Å². The second-order valence-corrected chi connectivity index (χ2v) is 7.35. The Morgan fingerprint density at radius 2 is 1.73 bits per heavy atom. The summed E-state index contributed by atoms with van der Waals surface area (Å²) in [5, 5.41) is 9.96. The van der Waals surface area contributed by atoms with Crippen LogP contribution in [0.5, 0.6) is 5.75 Å². The van der Waals surface area contributed by atoms with E-state index in [0.717, 1.165) is 22.5 Å². The van der Waals surface area contributed by atoms with Crippen LogP contribution in [0.15, 0.2) is 66.0 Å². The Bertz CT molecular complexity index is 1210. The number of hydrogen-bond donors (Lipinski definition) is 1. The fourth-order valence-electron chi connectivity index (χ4n) is 2.93. The lowest BCUT2D eigenvalue weighted by molar-refractivity contribution is -0.131. The molecule has 0 aliphatic heterocycles. The summed E-state index contributed by atoms with van der Waals surface area (Å²) in [6.45, 7) is 2.81. The van der Waals surface area contributed by atoms with Gasteiger partial charge in [0.25, 0.3) is 0 Å². The van der Waals surface area contributed by atoms with Gasteiger partial charge in [-0.2, -0.15) is 9.78 Å². The van der Waals surface area contributed by atoms with E-state index >= 15 is 0 Å². The van der Waals surface area contributed by atoms with Crippen LogP contribution in [0, 0.1) is 0 Å². The number of ether oxygens (including phenoxy) is 1. The summed E-state index contributed by atoms with van der Waals surface area (Å²) in [6.07, 6.45) is 0. The summed E-state index contributed by atoms with van der Waals surface area (Å²) in [6, 6.07) is 18.7. The first-order valence-electron chi connectivity index (χ1n) is 9.17. The fraction of sp³-hybridized carbons (Fsp3) is 0.0909. The molecule has 0 bridgehead atoms. The molecule has 0 aliphatic carbocycles. The van der Waals surface area contributed by atoms with Crippen LogP contribution in [0.1, 0.15) is 13.8 Å². The number of hydrogen-bond acceptors (Lipinski definition) is 6. The Morgan fingerprint density at radius 3 is 2.47 bits per heavy atom. The summed E-state index contributed by atoms with van der Waals surface area (Å²) in [7, 11) is 0. The molecule has 2 aromatic heterocycles. The molecule has 0 aliphatic rings. The number of carbonyl (C=O) groups is 2. The lowest BCUT2D eigenvalue weighted by atomic mass is 10.2. The normalized spacial score (nSPS) is 10.6. The molecule has 0 unspecified atom stereocenters. The number of carbonyl (C=O) groups excluding carboxylic acids is 2. The molecular weight excluding hydrogens is 400 g/mol. The molecule has 0 saturated heterocycles. The minimum atomic E-state index is -0.379. The molecule has 150 valence electrons. The molecule has 1 amide bonds. The fourth-order valence-corrected chi connectivity index (χ4v) is 3.72. The summed E-state index contributed by atoms with van der Waals surface area (Å²) in [5.74, 6) is 0.424. The van der Waals surface area contributed by atoms with E-state index in [1.54, 1.807) is 22.9 Å². The van der Waals surface area contributed by atoms with Gasteiger partial charge in [-0.05, 0) is 12.1 Å². The minimum absolute atomic E-state index is 0.193. The zero-order valence-electron chi connectivity index (χ0n) is 16.3. The van der Waals surface area contributed by atoms with Gasteiger partial charge in [-0.1, -0.05) is 42.5 Å². The van der Waals surface area contributed by atoms with Crippen molar-refractivity contribution in [2.45, 2.75) is 13.8 Å². The average molecular weight is 418 g/mol. The maximum atomic E-state index is 11.7. The van der Waals surface area contributed by atoms with Gasteiger partial charge in [-0.3, -0.25) is 9.59 Å². The maximum Gasteiger partial charge on any atom is 0.308 e. The second kappa shape index (κ2) is 8.30. The van der Waals surface area contributed by atoms with Crippen molar-refractivity contribution in [2.75, 3.05) is 5.32 Å². The average Bonchev–Trinajstić information content (AvgIpc) is 3.35. The van der Waals surface area contributed by atoms with Gasteiger partial charge < -0.3 is 10.1 Å². The Balaban J connectivity index is 1.71. The van der Waals surface area contributed by atoms with Crippen LogP contribution in [0.3, 0.4) is 0 Å². The molecule has 0 atom stereocenters. The number of thiazole rings is 1. The molecule has 4 rings (SSSR count). The van der Waals surface area contributed by atoms with Gasteiger partial charge in [0.1, 0.15) is 11.6 Å². The van der Waals surface area contributed by atoms with Crippen LogP contribution in [0.4, 0.5) is 5.82 Å². The first-order chi connectivity index (χ1) is 14.5. The van der Waals surface area contributed by atoms with E-state index < -0.39 is 0 Å². The maximum absolute atomic E-state index is 11.7. The smallest absolute Gasteiger partial charge is 0.308 e. The number of aromatic nitrogens is 3. The Morgan fingerprint density at radius 1 is 0.967 bits per heavy atom. The molecule has 1 N–H and O–H groups in total. The predicted octanol–water partition coefficient (Wildman–Crippen LogP) is 4.55. The molecule has 4 aromatic rings. The van der Waals surface area contributed by atoms with Crippen LogP contribution in [-0.4, -0.2) is 26.6 Å². The molecule has 0 spiro atoms. The number of esters is 1. The Kier molecular flexibility index (Phi) is 5.40. The summed E-state index contributed by atoms with van der Waals surface area (Å²) < 4.78 is 6.77. The van der Waals surface area contributed by atoms with Gasteiger partial charge in [-0.15, -0.1) is 11.3 Å². The highest BCUT2D eigenvalue weighted by molar-refractivity contribution is 7.12. The lowest BCUT2D eigenvalue weighted by Crippen LogP contribution is -2.10. The first kappa shape index (κ1) is 19.5. The summed E-state index contributed by atoms with van der Waals surface area (Å²) in [5.41, 5.74) is 3.20. The molecule has 0 saturated carbocycles. The third-order valence-electron chi connectivity index (χ3n) is 4.15. The number of rotatable bonds is 5. The van der Waals surface area contributed by atoms with Crippen LogP contribution >= 0.6 is 11.3 Å². The van der Waals surface area contributed by atoms with Crippen molar-refractivity contribution in [3.63, 3.8) is 0 Å². The summed E-state index contributed by atoms with van der Waals surface area (Å²) >= 11 is 1.40. The molecule has 0 fully saturated rings. The van der Waals surface area contributed by atoms with Gasteiger partial charge in [0.15, 0.2) is 0 Å². The van der Waals surface area contributed by atoms with Crippen molar-refractivity contribution in [1.29, 1.82) is 0 Å². The summed E-state index contributed by atoms with van der Waals surface area (Å²) in [4.78, 5) is 27.6. The molecule has 7 nitrogen and oxygen atoms in total. The minimum Gasteiger partial charge on any atom is -0.427 e. The van der Waals surface area contributed by atoms with Crippen LogP contribution < -0.4 is 10.1 Å². The second-order valence-electron chi connectivity index (χ2n) is 6.51. The monoisotopic (exact) mass is 418 g/mol. The number of nitrogens with one attached hydrogen (secondary N) is 1. The van der Waals surface area contributed by atoms with Crippen molar-refractivity contribution in [1.82, 2.24) is 14.8 Å². The van der Waals surface area contributed by atoms with Gasteiger partial charge in [0, 0.05) is 36.4 Å². The van der Waals surface area contributed by atoms with E-state index in [1.165, 1.54) is 25.2 Å². The third-order valence-corrected chi connectivity index (χ3v) is 4.96. The molecule has 8 heteroatoms. The highest BCUT2D eigenvalue weighted by Crippen LogP contribution is 2.30. The SMILES string of the molecule is CC(=O)Nc1cc(-c2ccccc2)nn1-c1nc(-c2cccc(OC(C)=O)c2)cs1. The van der Waals surface area contributed by atoms with Gasteiger partial charge in [-0.25, -0.2) is 4.98 Å². The molecule has 0 radical (unpaired) electrons. The zero-order valence-corrected chi connectivity index (χ0v) is 17.1. The van der Waals surface area contributed by atoms with Crippen LogP contribution in [0.2, 0.25) is 0 Å². The van der Waals surface area contributed by atoms with E-state index in [9.17, 15) is 9.59 Å². The third kappa shape index (κ3) is 4.28. The largest absolute Gasteiger partial charge is 0.427 e. The van der Waals surface area contributed by atoms with E-state index in [0.29, 0.717) is 16.7 Å². The quantitative estimate of drug-likeness (QED) is 0.380. The van der Waals surface area contributed by atoms with Crippen LogP contribution in [-0.2, 0) is 9.59 Å². The van der Waals surface area contributed by atoms with E-state index in [1.807, 2.05) is 47.8 Å². The Hall–Kier alpha value is -3.78. The molecule has 2 heterocycles. The standard InChI is InChI=1S/C22H18N4O3S/c1-14(27)23-21-12-19(16-7-4-3-5-8-16)25-26(21)22-24-20(13-30-22)17-9-6-10-18(11-17)29-15(2)28/h3-13H,1-2H3,(H,23,27). The van der Waals surface area contributed by atoms with Gasteiger partial charge in [0.05, 0.1) is 11.4 Å². The molecular formula is C22H18N4O3S. The first-order valence-corrected chi connectivity index (χ1v) is 10.1. The van der Waals surface area contributed by atoms with Crippen molar-refractivity contribution in [3.05, 3.63) is 66.0 Å². The Labute approximate surface area is 177 Å². The van der Waals surface area contributed by atoms with Crippen molar-refractivity contribution in [2.24, 2.45) is 0 Å². The predicted molar refractivity (Wildman–Crippen MR) is 116 cm³/mol. The number of anilines is 1. The van der Waals surface area contributed by atoms with E-state index in [2.05, 4.69) is 15.4 Å². The van der Waals surface area contributed by atoms with Gasteiger partial charge >= 0.3 is 5.97 Å². The number of nitrogens with zero attached hydrogens (tertiary/aromatic N) is 3. The lowest BCUT2D eigenvalue weighted by Gasteiger charge is -2.04. The topological polar surface area (TPSA) is 86.1 Å². The van der Waals surface area contributed by atoms with Crippen molar-refractivity contribution < 1.29 is 14.3 Å². The highest BCUT2D eigenvalue weighted by atomic mass is 32.1. The van der Waals surface area contributed by atoms with E-state index in [4.69, 9.17) is 4.74 Å². The highest BCUT2D eigenvalue weighted by Gasteiger charge is 2.16. The van der Waals surface area contributed by atoms with E-state index in [-0.39, 0.29) is 11.9 Å². The van der Waals surface area contributed by atoms with Crippen molar-refractivity contribution >= 4 is 29.0 Å². The number of amides is 1. The molecule has 30 heavy (non-hydrogen) atoms. The number of benzene rings is 2. The van der Waals surface area contributed by atoms with Crippen molar-refractivity contribution in [3.8, 4) is 33.4 Å². The molecule has 2 aromatic carbocycles. The zero-order chi connectivity index (χ0) is 21.1.